The van der Waals surface area contributed by atoms with Crippen molar-refractivity contribution in [3.63, 3.8) is 0 Å². The normalized spacial score (nSPS) is 20.1. The van der Waals surface area contributed by atoms with Gasteiger partial charge in [0.25, 0.3) is 5.91 Å². The van der Waals surface area contributed by atoms with Gasteiger partial charge in [-0.25, -0.2) is 0 Å². The number of hydrogen-bond donors (Lipinski definition) is 1. The van der Waals surface area contributed by atoms with Gasteiger partial charge in [-0.05, 0) is 36.7 Å². The average Bonchev–Trinajstić information content (AvgIpc) is 3.19. The maximum atomic E-state index is 12.8. The highest BCUT2D eigenvalue weighted by atomic mass is 32.1. The summed E-state index contributed by atoms with van der Waals surface area (Å²) in [6, 6.07) is 10.3. The lowest BCUT2D eigenvalue weighted by Crippen LogP contribution is -2.46. The van der Waals surface area contributed by atoms with Gasteiger partial charge in [0.1, 0.15) is 12.4 Å². The number of thiophene rings is 1. The number of fused-ring (bicyclic) bond motifs is 1. The summed E-state index contributed by atoms with van der Waals surface area (Å²) in [7, 11) is 2.17. The van der Waals surface area contributed by atoms with E-state index in [0.717, 1.165) is 43.2 Å². The van der Waals surface area contributed by atoms with Crippen LogP contribution in [0.2, 0.25) is 0 Å². The van der Waals surface area contributed by atoms with Gasteiger partial charge in [0, 0.05) is 48.7 Å². The fraction of sp³-hybridized carbons (Fsp3) is 0.522. The van der Waals surface area contributed by atoms with Gasteiger partial charge in [-0.3, -0.25) is 4.79 Å². The molecule has 0 aliphatic carbocycles. The van der Waals surface area contributed by atoms with Crippen LogP contribution in [0.3, 0.4) is 0 Å². The zero-order valence-electron chi connectivity index (χ0n) is 17.8. The largest absolute Gasteiger partial charge is 0.491 e. The SMILES string of the molecule is CN1CCN(c2cccc3c2C[C@H](NC(=O)c2ccc(C(C)(C)C)s2)CO3)CC1. The second-order valence-electron chi connectivity index (χ2n) is 9.14. The molecule has 0 saturated carbocycles. The summed E-state index contributed by atoms with van der Waals surface area (Å²) in [5.41, 5.74) is 2.53. The summed E-state index contributed by atoms with van der Waals surface area (Å²) in [5, 5.41) is 3.20. The lowest BCUT2D eigenvalue weighted by molar-refractivity contribution is 0.0919. The maximum Gasteiger partial charge on any atom is 0.261 e. The molecule has 0 bridgehead atoms. The lowest BCUT2D eigenvalue weighted by atomic mass is 9.95. The van der Waals surface area contributed by atoms with Crippen LogP contribution >= 0.6 is 11.3 Å². The number of nitrogens with one attached hydrogen (secondary N) is 1. The summed E-state index contributed by atoms with van der Waals surface area (Å²) >= 11 is 1.58. The molecule has 0 radical (unpaired) electrons. The van der Waals surface area contributed by atoms with E-state index in [1.54, 1.807) is 11.3 Å². The first-order valence-electron chi connectivity index (χ1n) is 10.4. The fourth-order valence-corrected chi connectivity index (χ4v) is 4.91. The van der Waals surface area contributed by atoms with Crippen molar-refractivity contribution in [3.8, 4) is 5.75 Å². The van der Waals surface area contributed by atoms with Crippen LogP contribution in [0.15, 0.2) is 30.3 Å². The quantitative estimate of drug-likeness (QED) is 0.836. The zero-order chi connectivity index (χ0) is 20.6. The highest BCUT2D eigenvalue weighted by Crippen LogP contribution is 2.34. The third-order valence-electron chi connectivity index (χ3n) is 5.75. The van der Waals surface area contributed by atoms with E-state index in [9.17, 15) is 4.79 Å². The number of nitrogens with zero attached hydrogens (tertiary/aromatic N) is 2. The first-order chi connectivity index (χ1) is 13.8. The smallest absolute Gasteiger partial charge is 0.261 e. The van der Waals surface area contributed by atoms with Gasteiger partial charge in [-0.15, -0.1) is 11.3 Å². The number of rotatable bonds is 3. The van der Waals surface area contributed by atoms with Crippen molar-refractivity contribution in [1.82, 2.24) is 10.2 Å². The predicted octanol–water partition coefficient (Wildman–Crippen LogP) is 3.53. The molecule has 5 nitrogen and oxygen atoms in total. The highest BCUT2D eigenvalue weighted by molar-refractivity contribution is 7.14. The Morgan fingerprint density at radius 3 is 2.59 bits per heavy atom. The standard InChI is InChI=1S/C23H31N3O2S/c1-23(2,3)21-9-8-20(29-21)22(27)24-16-14-17-18(6-5-7-19(17)28-15-16)26-12-10-25(4)11-13-26/h5-9,16H,10-15H2,1-4H3,(H,24,27)/t16-/m0/s1. The molecule has 1 N–H and O–H groups in total. The van der Waals surface area contributed by atoms with E-state index in [0.29, 0.717) is 6.61 Å². The third-order valence-corrected chi connectivity index (χ3v) is 7.26. The predicted molar refractivity (Wildman–Crippen MR) is 120 cm³/mol. The second kappa shape index (κ2) is 8.00. The van der Waals surface area contributed by atoms with E-state index in [-0.39, 0.29) is 17.4 Å². The number of ether oxygens (including phenoxy) is 1. The van der Waals surface area contributed by atoms with Crippen LogP contribution in [-0.2, 0) is 11.8 Å². The van der Waals surface area contributed by atoms with Gasteiger partial charge in [-0.1, -0.05) is 26.8 Å². The van der Waals surface area contributed by atoms with Gasteiger partial charge in [0.15, 0.2) is 0 Å². The first kappa shape index (κ1) is 20.2. The topological polar surface area (TPSA) is 44.8 Å². The zero-order valence-corrected chi connectivity index (χ0v) is 18.6. The third kappa shape index (κ3) is 4.43. The number of carbonyl (C=O) groups excluding carboxylic acids is 1. The number of carbonyl (C=O) groups is 1. The minimum atomic E-state index is -0.0104. The summed E-state index contributed by atoms with van der Waals surface area (Å²) in [6.07, 6.45) is 0.807. The van der Waals surface area contributed by atoms with Crippen LogP contribution in [-0.4, -0.2) is 56.7 Å². The van der Waals surface area contributed by atoms with Crippen molar-refractivity contribution < 1.29 is 9.53 Å². The molecular formula is C23H31N3O2S. The van der Waals surface area contributed by atoms with Crippen molar-refractivity contribution in [2.45, 2.75) is 38.6 Å². The Morgan fingerprint density at radius 1 is 1.14 bits per heavy atom. The van der Waals surface area contributed by atoms with Crippen molar-refractivity contribution in [2.75, 3.05) is 44.7 Å². The van der Waals surface area contributed by atoms with Crippen LogP contribution in [0.1, 0.15) is 40.9 Å². The second-order valence-corrected chi connectivity index (χ2v) is 10.2. The van der Waals surface area contributed by atoms with Crippen molar-refractivity contribution >= 4 is 22.9 Å². The monoisotopic (exact) mass is 413 g/mol. The molecule has 1 atom stereocenters. The summed E-state index contributed by atoms with van der Waals surface area (Å²) in [6.45, 7) is 11.2. The Morgan fingerprint density at radius 2 is 1.90 bits per heavy atom. The van der Waals surface area contributed by atoms with Gasteiger partial charge >= 0.3 is 0 Å². The number of piperazine rings is 1. The number of likely N-dealkylation sites (N-methyl/N-ethyl adjacent to an activating group) is 1. The molecule has 1 aromatic heterocycles. The van der Waals surface area contributed by atoms with Crippen molar-refractivity contribution in [3.05, 3.63) is 45.6 Å². The average molecular weight is 414 g/mol. The number of hydrogen-bond acceptors (Lipinski definition) is 5. The van der Waals surface area contributed by atoms with E-state index in [4.69, 9.17) is 4.74 Å². The summed E-state index contributed by atoms with van der Waals surface area (Å²) in [4.78, 5) is 19.6. The van der Waals surface area contributed by atoms with Gasteiger partial charge in [0.05, 0.1) is 10.9 Å². The minimum absolute atomic E-state index is 0.000344. The Bertz CT molecular complexity index is 878. The van der Waals surface area contributed by atoms with E-state index >= 15 is 0 Å². The lowest BCUT2D eigenvalue weighted by Gasteiger charge is -2.37. The van der Waals surface area contributed by atoms with Crippen LogP contribution in [0.5, 0.6) is 5.75 Å². The molecule has 1 fully saturated rings. The number of amides is 1. The highest BCUT2D eigenvalue weighted by Gasteiger charge is 2.27. The maximum absolute atomic E-state index is 12.8. The van der Waals surface area contributed by atoms with E-state index in [2.05, 4.69) is 61.1 Å². The molecule has 1 saturated heterocycles. The molecule has 2 aliphatic heterocycles. The van der Waals surface area contributed by atoms with Crippen molar-refractivity contribution in [1.29, 1.82) is 0 Å². The van der Waals surface area contributed by atoms with E-state index in [1.165, 1.54) is 16.1 Å². The van der Waals surface area contributed by atoms with E-state index in [1.807, 2.05) is 12.1 Å². The Balaban J connectivity index is 1.47. The van der Waals surface area contributed by atoms with Gasteiger partial charge in [0.2, 0.25) is 0 Å². The Kier molecular flexibility index (Phi) is 5.58. The summed E-state index contributed by atoms with van der Waals surface area (Å²) in [5.74, 6) is 0.956. The van der Waals surface area contributed by atoms with E-state index < -0.39 is 0 Å². The van der Waals surface area contributed by atoms with Crippen LogP contribution < -0.4 is 15.0 Å². The molecule has 2 aliphatic rings. The Labute approximate surface area is 177 Å². The molecular weight excluding hydrogens is 382 g/mol. The molecule has 0 spiro atoms. The molecule has 0 unspecified atom stereocenters. The molecule has 29 heavy (non-hydrogen) atoms. The molecule has 3 heterocycles. The van der Waals surface area contributed by atoms with Crippen LogP contribution in [0.4, 0.5) is 5.69 Å². The molecule has 1 amide bonds. The fourth-order valence-electron chi connectivity index (χ4n) is 3.95. The van der Waals surface area contributed by atoms with Crippen LogP contribution in [0, 0.1) is 0 Å². The van der Waals surface area contributed by atoms with Gasteiger partial charge < -0.3 is 19.9 Å². The minimum Gasteiger partial charge on any atom is -0.491 e. The van der Waals surface area contributed by atoms with Crippen molar-refractivity contribution in [2.24, 2.45) is 0 Å². The van der Waals surface area contributed by atoms with Crippen LogP contribution in [0.25, 0.3) is 0 Å². The van der Waals surface area contributed by atoms with Gasteiger partial charge in [-0.2, -0.15) is 0 Å². The number of benzene rings is 1. The molecule has 4 rings (SSSR count). The molecule has 2 aromatic rings. The molecule has 156 valence electrons. The Hall–Kier alpha value is -2.05. The molecule has 1 aromatic carbocycles. The molecule has 6 heteroatoms. The number of anilines is 1. The summed E-state index contributed by atoms with van der Waals surface area (Å²) < 4.78 is 6.04. The first-order valence-corrected chi connectivity index (χ1v) is 11.2.